The third-order valence-corrected chi connectivity index (χ3v) is 3.97. The highest BCUT2D eigenvalue weighted by Crippen LogP contribution is 2.27. The number of anilines is 1. The molecule has 0 aliphatic carbocycles. The van der Waals surface area contributed by atoms with Crippen molar-refractivity contribution >= 4 is 5.69 Å². The molecule has 1 N–H and O–H groups in total. The molecule has 0 fully saturated rings. The highest BCUT2D eigenvalue weighted by molar-refractivity contribution is 5.57. The molecule has 0 atom stereocenters. The van der Waals surface area contributed by atoms with Gasteiger partial charge in [0.15, 0.2) is 0 Å². The van der Waals surface area contributed by atoms with E-state index in [0.29, 0.717) is 0 Å². The first-order valence-electron chi connectivity index (χ1n) is 7.95. The van der Waals surface area contributed by atoms with E-state index in [1.165, 1.54) is 69.4 Å². The van der Waals surface area contributed by atoms with Gasteiger partial charge in [-0.3, -0.25) is 0 Å². The van der Waals surface area contributed by atoms with Crippen LogP contribution in [0.5, 0.6) is 0 Å². The maximum absolute atomic E-state index is 3.57. The number of nitrogens with zero attached hydrogens (tertiary/aromatic N) is 1. The van der Waals surface area contributed by atoms with Gasteiger partial charge in [-0.2, -0.15) is 0 Å². The molecule has 2 rings (SSSR count). The van der Waals surface area contributed by atoms with Crippen LogP contribution >= 0.6 is 0 Å². The first-order chi connectivity index (χ1) is 9.42. The summed E-state index contributed by atoms with van der Waals surface area (Å²) < 4.78 is 0. The monoisotopic (exact) mass is 260 g/mol. The second kappa shape index (κ2) is 8.21. The molecule has 1 heterocycles. The Balaban J connectivity index is 1.55. The van der Waals surface area contributed by atoms with Gasteiger partial charge in [0.2, 0.25) is 0 Å². The van der Waals surface area contributed by atoms with Gasteiger partial charge >= 0.3 is 0 Å². The average molecular weight is 260 g/mol. The van der Waals surface area contributed by atoms with Gasteiger partial charge in [-0.25, -0.2) is 0 Å². The lowest BCUT2D eigenvalue weighted by Gasteiger charge is -2.19. The van der Waals surface area contributed by atoms with Crippen molar-refractivity contribution < 1.29 is 0 Å². The number of fused-ring (bicyclic) bond motifs is 1. The molecule has 0 amide bonds. The summed E-state index contributed by atoms with van der Waals surface area (Å²) in [5.74, 6) is 0. The summed E-state index contributed by atoms with van der Waals surface area (Å²) in [6, 6.07) is 8.84. The molecule has 1 aromatic carbocycles. The van der Waals surface area contributed by atoms with Crippen molar-refractivity contribution in [3.05, 3.63) is 29.8 Å². The maximum Gasteiger partial charge on any atom is 0.0399 e. The minimum atomic E-state index is 1.16. The van der Waals surface area contributed by atoms with Crippen molar-refractivity contribution in [1.82, 2.24) is 5.32 Å². The average Bonchev–Trinajstić information content (AvgIpc) is 2.85. The van der Waals surface area contributed by atoms with Crippen molar-refractivity contribution in [1.29, 1.82) is 0 Å². The number of benzene rings is 1. The van der Waals surface area contributed by atoms with Crippen LogP contribution in [0.15, 0.2) is 24.3 Å². The van der Waals surface area contributed by atoms with Gasteiger partial charge < -0.3 is 10.2 Å². The molecular formula is C17H28N2. The van der Waals surface area contributed by atoms with Crippen molar-refractivity contribution in [3.63, 3.8) is 0 Å². The van der Waals surface area contributed by atoms with Gasteiger partial charge in [0.1, 0.15) is 0 Å². The van der Waals surface area contributed by atoms with Crippen LogP contribution in [0.4, 0.5) is 5.69 Å². The first-order valence-corrected chi connectivity index (χ1v) is 7.95. The van der Waals surface area contributed by atoms with E-state index in [-0.39, 0.29) is 0 Å². The highest BCUT2D eigenvalue weighted by Gasteiger charge is 2.16. The van der Waals surface area contributed by atoms with Crippen LogP contribution in [0.2, 0.25) is 0 Å². The molecule has 2 nitrogen and oxygen atoms in total. The Morgan fingerprint density at radius 1 is 1.05 bits per heavy atom. The normalized spacial score (nSPS) is 13.8. The van der Waals surface area contributed by atoms with Crippen LogP contribution in [0.1, 0.15) is 44.6 Å². The number of unbranched alkanes of at least 4 members (excludes halogenated alkanes) is 3. The quantitative estimate of drug-likeness (QED) is 0.682. The van der Waals surface area contributed by atoms with E-state index >= 15 is 0 Å². The van der Waals surface area contributed by atoms with Gasteiger partial charge in [-0.15, -0.1) is 0 Å². The minimum Gasteiger partial charge on any atom is -0.371 e. The second-order valence-corrected chi connectivity index (χ2v) is 5.53. The topological polar surface area (TPSA) is 15.3 Å². The molecule has 1 aromatic rings. The van der Waals surface area contributed by atoms with Crippen molar-refractivity contribution in [2.75, 3.05) is 31.1 Å². The van der Waals surface area contributed by atoms with Crippen molar-refractivity contribution in [3.8, 4) is 0 Å². The Labute approximate surface area is 118 Å². The van der Waals surface area contributed by atoms with Crippen LogP contribution < -0.4 is 10.2 Å². The molecule has 0 saturated carbocycles. The number of hydrogen-bond acceptors (Lipinski definition) is 2. The Bertz CT molecular complexity index is 362. The van der Waals surface area contributed by atoms with E-state index in [9.17, 15) is 0 Å². The van der Waals surface area contributed by atoms with Crippen molar-refractivity contribution in [2.45, 2.75) is 45.4 Å². The second-order valence-electron chi connectivity index (χ2n) is 5.53. The summed E-state index contributed by atoms with van der Waals surface area (Å²) in [6.07, 6.45) is 7.90. The summed E-state index contributed by atoms with van der Waals surface area (Å²) in [4.78, 5) is 2.54. The zero-order valence-electron chi connectivity index (χ0n) is 12.3. The Kier molecular flexibility index (Phi) is 6.22. The lowest BCUT2D eigenvalue weighted by molar-refractivity contribution is 0.583. The van der Waals surface area contributed by atoms with E-state index in [1.54, 1.807) is 0 Å². The fourth-order valence-corrected chi connectivity index (χ4v) is 2.84. The molecule has 2 heteroatoms. The predicted molar refractivity (Wildman–Crippen MR) is 84.0 cm³/mol. The van der Waals surface area contributed by atoms with Gasteiger partial charge in [0.25, 0.3) is 0 Å². The minimum absolute atomic E-state index is 1.16. The molecule has 0 saturated heterocycles. The number of nitrogens with one attached hydrogen (secondary N) is 1. The fourth-order valence-electron chi connectivity index (χ4n) is 2.84. The standard InChI is InChI=1S/C17H28N2/c1-2-3-4-7-12-18-13-8-14-19-15-11-16-9-5-6-10-17(16)19/h5-6,9-10,18H,2-4,7-8,11-15H2,1H3. The lowest BCUT2D eigenvalue weighted by Crippen LogP contribution is -2.26. The third kappa shape index (κ3) is 4.54. The van der Waals surface area contributed by atoms with Crippen LogP contribution in [-0.4, -0.2) is 26.2 Å². The van der Waals surface area contributed by atoms with E-state index < -0.39 is 0 Å². The largest absolute Gasteiger partial charge is 0.371 e. The molecule has 0 spiro atoms. The molecule has 0 bridgehead atoms. The zero-order chi connectivity index (χ0) is 13.3. The van der Waals surface area contributed by atoms with Gasteiger partial charge in [0, 0.05) is 18.8 Å². The van der Waals surface area contributed by atoms with Gasteiger partial charge in [-0.05, 0) is 44.0 Å². The van der Waals surface area contributed by atoms with E-state index in [4.69, 9.17) is 0 Å². The van der Waals surface area contributed by atoms with Gasteiger partial charge in [0.05, 0.1) is 0 Å². The SMILES string of the molecule is CCCCCCNCCCN1CCc2ccccc21. The molecule has 1 aliphatic heterocycles. The molecule has 0 unspecified atom stereocenters. The summed E-state index contributed by atoms with van der Waals surface area (Å²) in [7, 11) is 0. The molecular weight excluding hydrogens is 232 g/mol. The lowest BCUT2D eigenvalue weighted by atomic mass is 10.2. The predicted octanol–water partition coefficient (Wildman–Crippen LogP) is 3.61. The van der Waals surface area contributed by atoms with Crippen LogP contribution in [0, 0.1) is 0 Å². The molecule has 106 valence electrons. The molecule has 0 radical (unpaired) electrons. The van der Waals surface area contributed by atoms with E-state index in [0.717, 1.165) is 6.54 Å². The van der Waals surface area contributed by atoms with Gasteiger partial charge in [-0.1, -0.05) is 44.4 Å². The van der Waals surface area contributed by atoms with Crippen LogP contribution in [0.25, 0.3) is 0 Å². The Morgan fingerprint density at radius 3 is 2.79 bits per heavy atom. The molecule has 1 aliphatic rings. The first kappa shape index (κ1) is 14.4. The Hall–Kier alpha value is -1.02. The fraction of sp³-hybridized carbons (Fsp3) is 0.647. The summed E-state index contributed by atoms with van der Waals surface area (Å²) in [6.45, 7) is 7.01. The highest BCUT2D eigenvalue weighted by atomic mass is 15.1. The number of hydrogen-bond donors (Lipinski definition) is 1. The van der Waals surface area contributed by atoms with E-state index in [1.807, 2.05) is 0 Å². The number of rotatable bonds is 9. The zero-order valence-corrected chi connectivity index (χ0v) is 12.3. The summed E-state index contributed by atoms with van der Waals surface area (Å²) in [5, 5.41) is 3.57. The summed E-state index contributed by atoms with van der Waals surface area (Å²) in [5.41, 5.74) is 2.99. The Morgan fingerprint density at radius 2 is 1.89 bits per heavy atom. The van der Waals surface area contributed by atoms with Crippen LogP contribution in [0.3, 0.4) is 0 Å². The summed E-state index contributed by atoms with van der Waals surface area (Å²) >= 11 is 0. The molecule has 19 heavy (non-hydrogen) atoms. The van der Waals surface area contributed by atoms with E-state index in [2.05, 4.69) is 41.4 Å². The number of para-hydroxylation sites is 1. The molecule has 0 aromatic heterocycles. The maximum atomic E-state index is 3.57. The van der Waals surface area contributed by atoms with Crippen molar-refractivity contribution in [2.24, 2.45) is 0 Å². The third-order valence-electron chi connectivity index (χ3n) is 3.97. The van der Waals surface area contributed by atoms with Crippen LogP contribution in [-0.2, 0) is 6.42 Å². The smallest absolute Gasteiger partial charge is 0.0399 e.